The van der Waals surface area contributed by atoms with Crippen molar-refractivity contribution < 1.29 is 4.79 Å². The van der Waals surface area contributed by atoms with Crippen LogP contribution in [-0.4, -0.2) is 5.78 Å². The van der Waals surface area contributed by atoms with Crippen LogP contribution < -0.4 is 0 Å². The van der Waals surface area contributed by atoms with Gasteiger partial charge in [0.05, 0.1) is 0 Å². The van der Waals surface area contributed by atoms with Crippen LogP contribution in [0.3, 0.4) is 0 Å². The topological polar surface area (TPSA) is 17.1 Å². The van der Waals surface area contributed by atoms with Crippen LogP contribution in [0.15, 0.2) is 36.4 Å². The summed E-state index contributed by atoms with van der Waals surface area (Å²) < 4.78 is 0. The Morgan fingerprint density at radius 2 is 1.95 bits per heavy atom. The van der Waals surface area contributed by atoms with E-state index in [1.54, 1.807) is 0 Å². The first-order valence-corrected chi connectivity index (χ1v) is 7.84. The average Bonchev–Trinajstić information content (AvgIpc) is 2.64. The van der Waals surface area contributed by atoms with E-state index < -0.39 is 0 Å². The predicted molar refractivity (Wildman–Crippen MR) is 84.2 cm³/mol. The molecule has 0 radical (unpaired) electrons. The number of aryl methyl sites for hydroxylation is 1. The Labute approximate surface area is 121 Å². The molecule has 0 saturated heterocycles. The van der Waals surface area contributed by atoms with Gasteiger partial charge in [0.2, 0.25) is 0 Å². The van der Waals surface area contributed by atoms with Crippen molar-refractivity contribution in [3.63, 3.8) is 0 Å². The van der Waals surface area contributed by atoms with Crippen LogP contribution in [0.1, 0.15) is 56.1 Å². The number of carbonyl (C=O) groups is 1. The molecule has 0 heterocycles. The van der Waals surface area contributed by atoms with Crippen LogP contribution in [-0.2, 0) is 11.2 Å². The number of ketones is 1. The van der Waals surface area contributed by atoms with Crippen molar-refractivity contribution in [3.8, 4) is 0 Å². The molecule has 1 nitrogen and oxygen atoms in total. The van der Waals surface area contributed by atoms with Gasteiger partial charge in [-0.05, 0) is 41.2 Å². The van der Waals surface area contributed by atoms with Crippen LogP contribution in [0.25, 0.3) is 10.8 Å². The molecule has 0 saturated carbocycles. The molecule has 2 aromatic rings. The molecule has 1 unspecified atom stereocenters. The molecular weight excluding hydrogens is 244 g/mol. The molecule has 2 aromatic carbocycles. The maximum Gasteiger partial charge on any atom is 0.140 e. The molecule has 0 aliphatic heterocycles. The molecular formula is C19H22O. The molecule has 104 valence electrons. The first kappa shape index (κ1) is 13.4. The van der Waals surface area contributed by atoms with Crippen LogP contribution >= 0.6 is 0 Å². The minimum atomic E-state index is 0.124. The summed E-state index contributed by atoms with van der Waals surface area (Å²) in [6, 6.07) is 13.0. The van der Waals surface area contributed by atoms with E-state index in [1.165, 1.54) is 21.9 Å². The lowest BCUT2D eigenvalue weighted by Gasteiger charge is -2.19. The molecule has 0 fully saturated rings. The molecule has 0 amide bonds. The van der Waals surface area contributed by atoms with Crippen LogP contribution in [0, 0.1) is 0 Å². The fraction of sp³-hybridized carbons (Fsp3) is 0.421. The molecule has 1 aliphatic rings. The predicted octanol–water partition coefficient (Wildman–Crippen LogP) is 5.02. The Morgan fingerprint density at radius 3 is 2.80 bits per heavy atom. The maximum atomic E-state index is 12.5. The minimum Gasteiger partial charge on any atom is -0.299 e. The first-order valence-electron chi connectivity index (χ1n) is 7.84. The normalized spacial score (nSPS) is 18.9. The lowest BCUT2D eigenvalue weighted by molar-refractivity contribution is -0.120. The molecule has 3 rings (SSSR count). The molecule has 0 aromatic heterocycles. The number of rotatable bonds is 3. The van der Waals surface area contributed by atoms with E-state index in [0.29, 0.717) is 5.78 Å². The molecule has 20 heavy (non-hydrogen) atoms. The number of Topliss-reactive ketones (excluding diaryl/α,β-unsaturated/α-hetero) is 1. The Balaban J connectivity index is 2.17. The van der Waals surface area contributed by atoms with Gasteiger partial charge in [-0.25, -0.2) is 0 Å². The third-order valence-corrected chi connectivity index (χ3v) is 4.51. The zero-order valence-electron chi connectivity index (χ0n) is 12.2. The van der Waals surface area contributed by atoms with E-state index in [0.717, 1.165) is 38.5 Å². The highest BCUT2D eigenvalue weighted by atomic mass is 16.1. The third-order valence-electron chi connectivity index (χ3n) is 4.51. The smallest absolute Gasteiger partial charge is 0.140 e. The fourth-order valence-electron chi connectivity index (χ4n) is 3.47. The summed E-state index contributed by atoms with van der Waals surface area (Å²) >= 11 is 0. The lowest BCUT2D eigenvalue weighted by Crippen LogP contribution is -2.12. The van der Waals surface area contributed by atoms with E-state index in [2.05, 4.69) is 43.3 Å². The highest BCUT2D eigenvalue weighted by molar-refractivity contribution is 5.95. The summed E-state index contributed by atoms with van der Waals surface area (Å²) in [5.74, 6) is 0.576. The Morgan fingerprint density at radius 1 is 1.10 bits per heavy atom. The minimum absolute atomic E-state index is 0.124. The van der Waals surface area contributed by atoms with Gasteiger partial charge in [-0.2, -0.15) is 0 Å². The van der Waals surface area contributed by atoms with Crippen LogP contribution in [0.5, 0.6) is 0 Å². The summed E-state index contributed by atoms with van der Waals surface area (Å²) in [4.78, 5) is 12.5. The second-order valence-electron chi connectivity index (χ2n) is 5.87. The van der Waals surface area contributed by atoms with E-state index in [-0.39, 0.29) is 5.92 Å². The number of hydrogen-bond acceptors (Lipinski definition) is 1. The first-order chi connectivity index (χ1) is 9.81. The van der Waals surface area contributed by atoms with Crippen molar-refractivity contribution in [1.29, 1.82) is 0 Å². The van der Waals surface area contributed by atoms with Crippen molar-refractivity contribution in [3.05, 3.63) is 47.5 Å². The van der Waals surface area contributed by atoms with Gasteiger partial charge in [-0.1, -0.05) is 56.2 Å². The van der Waals surface area contributed by atoms with Gasteiger partial charge < -0.3 is 0 Å². The zero-order valence-corrected chi connectivity index (χ0v) is 12.2. The van der Waals surface area contributed by atoms with Crippen molar-refractivity contribution in [1.82, 2.24) is 0 Å². The third kappa shape index (κ3) is 2.37. The molecule has 1 aliphatic carbocycles. The number of carbonyl (C=O) groups excluding carboxylic acids is 1. The van der Waals surface area contributed by atoms with Crippen molar-refractivity contribution in [2.24, 2.45) is 0 Å². The fourth-order valence-corrected chi connectivity index (χ4v) is 3.47. The molecule has 1 heteroatoms. The van der Waals surface area contributed by atoms with Gasteiger partial charge in [-0.3, -0.25) is 4.79 Å². The number of fused-ring (bicyclic) bond motifs is 3. The van der Waals surface area contributed by atoms with Crippen LogP contribution in [0.4, 0.5) is 0 Å². The Kier molecular flexibility index (Phi) is 3.86. The second kappa shape index (κ2) is 5.78. The van der Waals surface area contributed by atoms with E-state index in [1.807, 2.05) is 0 Å². The lowest BCUT2D eigenvalue weighted by atomic mass is 9.84. The molecule has 0 N–H and O–H groups in total. The van der Waals surface area contributed by atoms with E-state index in [4.69, 9.17) is 0 Å². The summed E-state index contributed by atoms with van der Waals surface area (Å²) in [5.41, 5.74) is 2.73. The van der Waals surface area contributed by atoms with Crippen molar-refractivity contribution in [2.75, 3.05) is 0 Å². The average molecular weight is 266 g/mol. The van der Waals surface area contributed by atoms with Gasteiger partial charge in [0.25, 0.3) is 0 Å². The maximum absolute atomic E-state index is 12.5. The largest absolute Gasteiger partial charge is 0.299 e. The standard InChI is InChI=1S/C19H22O/c1-2-3-9-17-18(20)11-6-8-15-13-12-14-7-4-5-10-16(14)19(15)17/h4-5,7,10,12-13,17H,2-3,6,8-9,11H2,1H3. The highest BCUT2D eigenvalue weighted by Crippen LogP contribution is 2.36. The SMILES string of the molecule is CCCCC1C(=O)CCCc2ccc3ccccc3c21. The molecule has 0 spiro atoms. The van der Waals surface area contributed by atoms with Gasteiger partial charge in [-0.15, -0.1) is 0 Å². The number of benzene rings is 2. The molecule has 0 bridgehead atoms. The van der Waals surface area contributed by atoms with E-state index in [9.17, 15) is 4.79 Å². The summed E-state index contributed by atoms with van der Waals surface area (Å²) in [7, 11) is 0. The summed E-state index contributed by atoms with van der Waals surface area (Å²) in [6.07, 6.45) is 6.11. The molecule has 1 atom stereocenters. The van der Waals surface area contributed by atoms with Gasteiger partial charge in [0.15, 0.2) is 0 Å². The van der Waals surface area contributed by atoms with E-state index >= 15 is 0 Å². The Hall–Kier alpha value is -1.63. The van der Waals surface area contributed by atoms with Gasteiger partial charge >= 0.3 is 0 Å². The van der Waals surface area contributed by atoms with Gasteiger partial charge in [0, 0.05) is 12.3 Å². The van der Waals surface area contributed by atoms with Gasteiger partial charge in [0.1, 0.15) is 5.78 Å². The highest BCUT2D eigenvalue weighted by Gasteiger charge is 2.26. The number of hydrogen-bond donors (Lipinski definition) is 0. The van der Waals surface area contributed by atoms with Crippen LogP contribution in [0.2, 0.25) is 0 Å². The Bertz CT molecular complexity index is 627. The van der Waals surface area contributed by atoms with Crippen molar-refractivity contribution in [2.45, 2.75) is 51.4 Å². The summed E-state index contributed by atoms with van der Waals surface area (Å²) in [6.45, 7) is 2.20. The second-order valence-corrected chi connectivity index (χ2v) is 5.87. The summed E-state index contributed by atoms with van der Waals surface area (Å²) in [5, 5.41) is 2.56. The zero-order chi connectivity index (χ0) is 13.9. The monoisotopic (exact) mass is 266 g/mol. The number of unbranched alkanes of at least 4 members (excludes halogenated alkanes) is 1. The van der Waals surface area contributed by atoms with Crippen molar-refractivity contribution >= 4 is 16.6 Å². The quantitative estimate of drug-likeness (QED) is 0.713.